The Balaban J connectivity index is 1.99. The molecule has 14 heavy (non-hydrogen) atoms. The van der Waals surface area contributed by atoms with Crippen molar-refractivity contribution < 1.29 is 4.79 Å². The number of nitrogens with zero attached hydrogens (tertiary/aromatic N) is 4. The van der Waals surface area contributed by atoms with Crippen molar-refractivity contribution in [1.29, 1.82) is 0 Å². The number of amides is 1. The van der Waals surface area contributed by atoms with Gasteiger partial charge in [-0.1, -0.05) is 0 Å². The maximum absolute atomic E-state index is 10.5. The summed E-state index contributed by atoms with van der Waals surface area (Å²) in [5.41, 5.74) is 0. The minimum Gasteiger partial charge on any atom is -0.353 e. The molecule has 1 aromatic rings. The van der Waals surface area contributed by atoms with Gasteiger partial charge in [-0.05, 0) is 6.07 Å². The van der Waals surface area contributed by atoms with Crippen LogP contribution in [0.25, 0.3) is 0 Å². The lowest BCUT2D eigenvalue weighted by Gasteiger charge is -2.33. The standard InChI is InChI=1S/C9H12N4O/c14-8-12-3-5-13(6-4-12)9-1-2-10-7-11-9/h1-2,7-8H,3-6H2. The van der Waals surface area contributed by atoms with E-state index < -0.39 is 0 Å². The molecule has 0 aliphatic carbocycles. The minimum atomic E-state index is 0.771. The molecule has 1 aliphatic rings. The third kappa shape index (κ3) is 1.81. The van der Waals surface area contributed by atoms with E-state index in [0.717, 1.165) is 38.4 Å². The summed E-state index contributed by atoms with van der Waals surface area (Å²) in [7, 11) is 0. The maximum atomic E-state index is 10.5. The average Bonchev–Trinajstić information content (AvgIpc) is 2.30. The average molecular weight is 192 g/mol. The molecule has 0 N–H and O–H groups in total. The van der Waals surface area contributed by atoms with Crippen LogP contribution < -0.4 is 4.90 Å². The van der Waals surface area contributed by atoms with Crippen LogP contribution in [0.5, 0.6) is 0 Å². The Morgan fingerprint density at radius 3 is 2.64 bits per heavy atom. The van der Waals surface area contributed by atoms with E-state index in [1.807, 2.05) is 6.07 Å². The first-order valence-electron chi connectivity index (χ1n) is 4.60. The van der Waals surface area contributed by atoms with Crippen LogP contribution in [-0.2, 0) is 4.79 Å². The fourth-order valence-corrected chi connectivity index (χ4v) is 1.53. The molecule has 1 fully saturated rings. The van der Waals surface area contributed by atoms with Crippen molar-refractivity contribution in [3.8, 4) is 0 Å². The maximum Gasteiger partial charge on any atom is 0.209 e. The highest BCUT2D eigenvalue weighted by Crippen LogP contribution is 2.10. The molecule has 74 valence electrons. The summed E-state index contributed by atoms with van der Waals surface area (Å²) in [4.78, 5) is 22.4. The van der Waals surface area contributed by atoms with E-state index in [1.54, 1.807) is 17.4 Å². The van der Waals surface area contributed by atoms with Gasteiger partial charge in [0.2, 0.25) is 6.41 Å². The van der Waals surface area contributed by atoms with Gasteiger partial charge in [0.15, 0.2) is 0 Å². The predicted molar refractivity (Wildman–Crippen MR) is 51.9 cm³/mol. The second kappa shape index (κ2) is 4.04. The first-order valence-corrected chi connectivity index (χ1v) is 4.60. The lowest BCUT2D eigenvalue weighted by Crippen LogP contribution is -2.46. The van der Waals surface area contributed by atoms with Crippen molar-refractivity contribution in [2.75, 3.05) is 31.1 Å². The summed E-state index contributed by atoms with van der Waals surface area (Å²) in [6.45, 7) is 3.23. The van der Waals surface area contributed by atoms with Gasteiger partial charge >= 0.3 is 0 Å². The monoisotopic (exact) mass is 192 g/mol. The first-order chi connectivity index (χ1) is 6.90. The molecule has 0 radical (unpaired) electrons. The molecule has 2 rings (SSSR count). The molecule has 2 heterocycles. The summed E-state index contributed by atoms with van der Waals surface area (Å²) in [5, 5.41) is 0. The van der Waals surface area contributed by atoms with Gasteiger partial charge in [-0.15, -0.1) is 0 Å². The lowest BCUT2D eigenvalue weighted by atomic mass is 10.3. The Morgan fingerprint density at radius 1 is 1.29 bits per heavy atom. The van der Waals surface area contributed by atoms with Crippen LogP contribution in [0.15, 0.2) is 18.6 Å². The van der Waals surface area contributed by atoms with Gasteiger partial charge in [0, 0.05) is 32.4 Å². The topological polar surface area (TPSA) is 49.3 Å². The van der Waals surface area contributed by atoms with Gasteiger partial charge in [0.05, 0.1) is 0 Å². The molecular weight excluding hydrogens is 180 g/mol. The zero-order valence-corrected chi connectivity index (χ0v) is 7.83. The smallest absolute Gasteiger partial charge is 0.209 e. The van der Waals surface area contributed by atoms with Crippen LogP contribution in [0.3, 0.4) is 0 Å². The van der Waals surface area contributed by atoms with Gasteiger partial charge in [0.1, 0.15) is 12.1 Å². The molecular formula is C9H12N4O. The van der Waals surface area contributed by atoms with E-state index in [1.165, 1.54) is 0 Å². The van der Waals surface area contributed by atoms with Crippen LogP contribution in [-0.4, -0.2) is 47.5 Å². The van der Waals surface area contributed by atoms with Gasteiger partial charge < -0.3 is 9.80 Å². The fraction of sp³-hybridized carbons (Fsp3) is 0.444. The van der Waals surface area contributed by atoms with Crippen molar-refractivity contribution in [3.63, 3.8) is 0 Å². The fourth-order valence-electron chi connectivity index (χ4n) is 1.53. The van der Waals surface area contributed by atoms with Crippen LogP contribution in [0.4, 0.5) is 5.82 Å². The minimum absolute atomic E-state index is 0.771. The van der Waals surface area contributed by atoms with Crippen LogP contribution >= 0.6 is 0 Å². The zero-order chi connectivity index (χ0) is 9.80. The Kier molecular flexibility index (Phi) is 2.58. The molecule has 1 saturated heterocycles. The second-order valence-corrected chi connectivity index (χ2v) is 3.20. The van der Waals surface area contributed by atoms with Crippen molar-refractivity contribution >= 4 is 12.2 Å². The molecule has 0 saturated carbocycles. The van der Waals surface area contributed by atoms with E-state index in [0.29, 0.717) is 0 Å². The summed E-state index contributed by atoms with van der Waals surface area (Å²) in [6, 6.07) is 1.89. The second-order valence-electron chi connectivity index (χ2n) is 3.20. The molecule has 0 aromatic carbocycles. The number of carbonyl (C=O) groups is 1. The highest BCUT2D eigenvalue weighted by molar-refractivity contribution is 5.48. The molecule has 1 aromatic heterocycles. The molecule has 1 amide bonds. The number of carbonyl (C=O) groups excluding carboxylic acids is 1. The Labute approximate surface area is 82.4 Å². The Hall–Kier alpha value is -1.65. The van der Waals surface area contributed by atoms with Crippen molar-refractivity contribution in [2.45, 2.75) is 0 Å². The summed E-state index contributed by atoms with van der Waals surface area (Å²) >= 11 is 0. The zero-order valence-electron chi connectivity index (χ0n) is 7.83. The van der Waals surface area contributed by atoms with Gasteiger partial charge in [0.25, 0.3) is 0 Å². The largest absolute Gasteiger partial charge is 0.353 e. The molecule has 1 aliphatic heterocycles. The molecule has 5 heteroatoms. The third-order valence-electron chi connectivity index (χ3n) is 2.35. The number of hydrogen-bond donors (Lipinski definition) is 0. The van der Waals surface area contributed by atoms with Crippen LogP contribution in [0.2, 0.25) is 0 Å². The molecule has 0 atom stereocenters. The van der Waals surface area contributed by atoms with Crippen LogP contribution in [0, 0.1) is 0 Å². The van der Waals surface area contributed by atoms with E-state index in [9.17, 15) is 4.79 Å². The van der Waals surface area contributed by atoms with Crippen molar-refractivity contribution in [3.05, 3.63) is 18.6 Å². The Bertz CT molecular complexity index is 295. The van der Waals surface area contributed by atoms with Crippen molar-refractivity contribution in [2.24, 2.45) is 0 Å². The van der Waals surface area contributed by atoms with Gasteiger partial charge in [-0.2, -0.15) is 0 Å². The summed E-state index contributed by atoms with van der Waals surface area (Å²) < 4.78 is 0. The molecule has 5 nitrogen and oxygen atoms in total. The van der Waals surface area contributed by atoms with E-state index in [-0.39, 0.29) is 0 Å². The number of aromatic nitrogens is 2. The van der Waals surface area contributed by atoms with Gasteiger partial charge in [-0.3, -0.25) is 4.79 Å². The number of piperazine rings is 1. The van der Waals surface area contributed by atoms with E-state index in [4.69, 9.17) is 0 Å². The molecule has 0 unspecified atom stereocenters. The number of rotatable bonds is 2. The normalized spacial score (nSPS) is 16.9. The lowest BCUT2D eigenvalue weighted by molar-refractivity contribution is -0.118. The molecule has 0 spiro atoms. The first kappa shape index (κ1) is 8.93. The number of hydrogen-bond acceptors (Lipinski definition) is 4. The highest BCUT2D eigenvalue weighted by atomic mass is 16.1. The van der Waals surface area contributed by atoms with Crippen LogP contribution in [0.1, 0.15) is 0 Å². The summed E-state index contributed by atoms with van der Waals surface area (Å²) in [6.07, 6.45) is 4.17. The van der Waals surface area contributed by atoms with Gasteiger partial charge in [-0.25, -0.2) is 9.97 Å². The highest BCUT2D eigenvalue weighted by Gasteiger charge is 2.15. The van der Waals surface area contributed by atoms with E-state index in [2.05, 4.69) is 14.9 Å². The summed E-state index contributed by atoms with van der Waals surface area (Å²) in [5.74, 6) is 0.936. The van der Waals surface area contributed by atoms with E-state index >= 15 is 0 Å². The van der Waals surface area contributed by atoms with Crippen molar-refractivity contribution in [1.82, 2.24) is 14.9 Å². The Morgan fingerprint density at radius 2 is 2.07 bits per heavy atom. The molecule has 0 bridgehead atoms. The predicted octanol–water partition coefficient (Wildman–Crippen LogP) is -0.245. The quantitative estimate of drug-likeness (QED) is 0.606. The number of anilines is 1. The SMILES string of the molecule is O=CN1CCN(c2ccncn2)CC1. The third-order valence-corrected chi connectivity index (χ3v) is 2.35.